The number of hydrogen-bond acceptors (Lipinski definition) is 6. The average Bonchev–Trinajstić information content (AvgIpc) is 2.53. The van der Waals surface area contributed by atoms with Crippen LogP contribution in [0.1, 0.15) is 19.7 Å². The lowest BCUT2D eigenvalue weighted by Crippen LogP contribution is -2.32. The summed E-state index contributed by atoms with van der Waals surface area (Å²) in [7, 11) is -0.836. The first-order valence-electron chi connectivity index (χ1n) is 8.35. The molecule has 1 aliphatic rings. The minimum absolute atomic E-state index is 0.253. The first-order chi connectivity index (χ1) is 11.4. The van der Waals surface area contributed by atoms with E-state index < -0.39 is 7.14 Å². The zero-order valence-corrected chi connectivity index (χ0v) is 15.6. The van der Waals surface area contributed by atoms with Crippen LogP contribution in [0, 0.1) is 6.92 Å². The maximum absolute atomic E-state index is 13.5. The van der Waals surface area contributed by atoms with E-state index in [1.807, 2.05) is 19.1 Å². The van der Waals surface area contributed by atoms with Crippen LogP contribution in [-0.4, -0.2) is 48.5 Å². The first kappa shape index (κ1) is 17.2. The Kier molecular flexibility index (Phi) is 4.79. The van der Waals surface area contributed by atoms with Gasteiger partial charge in [0, 0.05) is 42.9 Å². The molecule has 130 valence electrons. The highest BCUT2D eigenvalue weighted by atomic mass is 31.2. The fourth-order valence-corrected chi connectivity index (χ4v) is 5.79. The molecule has 1 aliphatic heterocycles. The van der Waals surface area contributed by atoms with Crippen molar-refractivity contribution in [1.29, 1.82) is 0 Å². The quantitative estimate of drug-likeness (QED) is 0.826. The standard InChI is InChI=1S/C17H25N4O2P/c1-11(2)19-17-13-9-16(24(22)7-5-18-6-8-24)15(23-4)10-14(13)20-12(3)21-17/h9-11,18H,5-8H2,1-4H3,(H,19,20,21). The highest BCUT2D eigenvalue weighted by Gasteiger charge is 2.31. The predicted molar refractivity (Wildman–Crippen MR) is 99.4 cm³/mol. The Morgan fingerprint density at radius 1 is 1.25 bits per heavy atom. The van der Waals surface area contributed by atoms with E-state index in [2.05, 4.69) is 34.4 Å². The van der Waals surface area contributed by atoms with Gasteiger partial charge in [-0.25, -0.2) is 9.97 Å². The van der Waals surface area contributed by atoms with E-state index >= 15 is 0 Å². The number of nitrogens with zero attached hydrogens (tertiary/aromatic N) is 2. The third-order valence-corrected chi connectivity index (χ3v) is 7.39. The van der Waals surface area contributed by atoms with E-state index in [1.54, 1.807) is 7.11 Å². The van der Waals surface area contributed by atoms with E-state index in [0.29, 0.717) is 23.9 Å². The minimum atomic E-state index is -2.46. The summed E-state index contributed by atoms with van der Waals surface area (Å²) >= 11 is 0. The normalized spacial score (nSPS) is 17.2. The molecule has 0 radical (unpaired) electrons. The van der Waals surface area contributed by atoms with Crippen LogP contribution in [-0.2, 0) is 4.57 Å². The molecule has 0 spiro atoms. The van der Waals surface area contributed by atoms with Crippen LogP contribution in [0.2, 0.25) is 0 Å². The van der Waals surface area contributed by atoms with Crippen molar-refractivity contribution >= 4 is 29.2 Å². The zero-order valence-electron chi connectivity index (χ0n) is 14.7. The number of anilines is 1. The molecule has 0 unspecified atom stereocenters. The number of benzene rings is 1. The van der Waals surface area contributed by atoms with E-state index in [-0.39, 0.29) is 6.04 Å². The van der Waals surface area contributed by atoms with Gasteiger partial charge in [0.1, 0.15) is 24.5 Å². The molecule has 0 atom stereocenters. The van der Waals surface area contributed by atoms with Gasteiger partial charge in [-0.3, -0.25) is 0 Å². The largest absolute Gasteiger partial charge is 0.496 e. The molecule has 0 bridgehead atoms. The molecule has 24 heavy (non-hydrogen) atoms. The summed E-state index contributed by atoms with van der Waals surface area (Å²) in [5, 5.41) is 8.37. The Morgan fingerprint density at radius 2 is 1.96 bits per heavy atom. The van der Waals surface area contributed by atoms with Crippen molar-refractivity contribution in [3.8, 4) is 5.75 Å². The van der Waals surface area contributed by atoms with Crippen LogP contribution >= 0.6 is 7.14 Å². The number of hydrogen-bond donors (Lipinski definition) is 2. The third-order valence-electron chi connectivity index (χ3n) is 4.27. The number of nitrogens with one attached hydrogen (secondary N) is 2. The second-order valence-electron chi connectivity index (χ2n) is 6.55. The fraction of sp³-hybridized carbons (Fsp3) is 0.529. The van der Waals surface area contributed by atoms with Gasteiger partial charge in [-0.1, -0.05) is 0 Å². The number of methoxy groups -OCH3 is 1. The number of aromatic nitrogens is 2. The number of ether oxygens (including phenoxy) is 1. The Labute approximate surface area is 142 Å². The molecule has 7 heteroatoms. The molecule has 0 amide bonds. The first-order valence-corrected chi connectivity index (χ1v) is 10.4. The van der Waals surface area contributed by atoms with Gasteiger partial charge >= 0.3 is 0 Å². The third kappa shape index (κ3) is 3.26. The Balaban J connectivity index is 2.22. The minimum Gasteiger partial charge on any atom is -0.496 e. The Bertz CT molecular complexity index is 797. The molecule has 0 saturated carbocycles. The van der Waals surface area contributed by atoms with Gasteiger partial charge in [0.25, 0.3) is 0 Å². The van der Waals surface area contributed by atoms with Crippen LogP contribution in [0.4, 0.5) is 5.82 Å². The molecular weight excluding hydrogens is 323 g/mol. The monoisotopic (exact) mass is 348 g/mol. The van der Waals surface area contributed by atoms with Crippen molar-refractivity contribution < 1.29 is 9.30 Å². The van der Waals surface area contributed by atoms with E-state index in [0.717, 1.165) is 35.1 Å². The molecular formula is C17H25N4O2P. The van der Waals surface area contributed by atoms with Gasteiger partial charge in [0.15, 0.2) is 0 Å². The molecule has 1 aromatic carbocycles. The van der Waals surface area contributed by atoms with E-state index in [1.165, 1.54) is 0 Å². The lowest BCUT2D eigenvalue weighted by molar-refractivity contribution is 0.418. The highest BCUT2D eigenvalue weighted by molar-refractivity contribution is 7.72. The summed E-state index contributed by atoms with van der Waals surface area (Å²) in [6.45, 7) is 7.57. The Hall–Kier alpha value is -1.65. The topological polar surface area (TPSA) is 76.1 Å². The van der Waals surface area contributed by atoms with Gasteiger partial charge in [0.2, 0.25) is 0 Å². The molecule has 2 N–H and O–H groups in total. The van der Waals surface area contributed by atoms with Gasteiger partial charge in [-0.15, -0.1) is 0 Å². The van der Waals surface area contributed by atoms with E-state index in [9.17, 15) is 4.57 Å². The lowest BCUT2D eigenvalue weighted by atomic mass is 10.2. The summed E-state index contributed by atoms with van der Waals surface area (Å²) in [5.41, 5.74) is 0.813. The fourth-order valence-electron chi connectivity index (χ4n) is 3.12. The number of aryl methyl sites for hydroxylation is 1. The molecule has 6 nitrogen and oxygen atoms in total. The van der Waals surface area contributed by atoms with Crippen LogP contribution < -0.4 is 20.7 Å². The molecule has 1 fully saturated rings. The molecule has 0 aliphatic carbocycles. The summed E-state index contributed by atoms with van der Waals surface area (Å²) in [4.78, 5) is 9.07. The van der Waals surface area contributed by atoms with Crippen LogP contribution in [0.25, 0.3) is 10.9 Å². The van der Waals surface area contributed by atoms with Crippen molar-refractivity contribution in [3.63, 3.8) is 0 Å². The summed E-state index contributed by atoms with van der Waals surface area (Å²) in [6, 6.07) is 4.12. The molecule has 3 rings (SSSR count). The van der Waals surface area contributed by atoms with Crippen molar-refractivity contribution in [2.24, 2.45) is 0 Å². The molecule has 1 saturated heterocycles. The van der Waals surface area contributed by atoms with E-state index in [4.69, 9.17) is 4.74 Å². The molecule has 2 heterocycles. The van der Waals surface area contributed by atoms with Crippen LogP contribution in [0.5, 0.6) is 5.75 Å². The number of rotatable bonds is 4. The number of fused-ring (bicyclic) bond motifs is 1. The Morgan fingerprint density at radius 3 is 2.58 bits per heavy atom. The summed E-state index contributed by atoms with van der Waals surface area (Å²) in [5.74, 6) is 2.16. The van der Waals surface area contributed by atoms with Gasteiger partial charge in [-0.2, -0.15) is 0 Å². The van der Waals surface area contributed by atoms with Crippen molar-refractivity contribution in [2.75, 3.05) is 37.8 Å². The van der Waals surface area contributed by atoms with Crippen LogP contribution in [0.15, 0.2) is 12.1 Å². The predicted octanol–water partition coefficient (Wildman–Crippen LogP) is 2.36. The average molecular weight is 348 g/mol. The van der Waals surface area contributed by atoms with Crippen molar-refractivity contribution in [1.82, 2.24) is 15.3 Å². The smallest absolute Gasteiger partial charge is 0.137 e. The van der Waals surface area contributed by atoms with Crippen molar-refractivity contribution in [2.45, 2.75) is 26.8 Å². The van der Waals surface area contributed by atoms with Gasteiger partial charge in [0.05, 0.1) is 17.9 Å². The highest BCUT2D eigenvalue weighted by Crippen LogP contribution is 2.48. The lowest BCUT2D eigenvalue weighted by Gasteiger charge is -2.26. The molecule has 2 aromatic rings. The second-order valence-corrected chi connectivity index (χ2v) is 9.70. The summed E-state index contributed by atoms with van der Waals surface area (Å²) < 4.78 is 19.0. The maximum atomic E-state index is 13.5. The van der Waals surface area contributed by atoms with Gasteiger partial charge in [-0.05, 0) is 26.8 Å². The maximum Gasteiger partial charge on any atom is 0.137 e. The second kappa shape index (κ2) is 6.69. The van der Waals surface area contributed by atoms with Crippen LogP contribution in [0.3, 0.4) is 0 Å². The summed E-state index contributed by atoms with van der Waals surface area (Å²) in [6.07, 6.45) is 1.32. The van der Waals surface area contributed by atoms with Crippen molar-refractivity contribution in [3.05, 3.63) is 18.0 Å². The molecule has 1 aromatic heterocycles. The zero-order chi connectivity index (χ0) is 17.3. The van der Waals surface area contributed by atoms with Gasteiger partial charge < -0.3 is 19.9 Å². The SMILES string of the molecule is COc1cc2nc(C)nc(NC(C)C)c2cc1P1(=O)CCNCC1.